The Morgan fingerprint density at radius 2 is 2.21 bits per heavy atom. The lowest BCUT2D eigenvalue weighted by molar-refractivity contribution is 0.0953. The fraction of sp³-hybridized carbons (Fsp3) is 0.350. The summed E-state index contributed by atoms with van der Waals surface area (Å²) in [5, 5.41) is 12.0. The lowest BCUT2D eigenvalue weighted by atomic mass is 10.2. The van der Waals surface area contributed by atoms with Crippen molar-refractivity contribution in [3.8, 4) is 10.7 Å². The zero-order valence-electron chi connectivity index (χ0n) is 15.6. The van der Waals surface area contributed by atoms with Crippen LogP contribution in [0.4, 0.5) is 0 Å². The van der Waals surface area contributed by atoms with Crippen LogP contribution in [0.25, 0.3) is 16.3 Å². The number of pyridine rings is 1. The number of hydrogen-bond donors (Lipinski definition) is 0. The van der Waals surface area contributed by atoms with E-state index in [0.29, 0.717) is 0 Å². The standard InChI is InChI=1S/C20H21N5OS2/c1-14-6-7-18-21-15(11-24(18)10-14)13-28-20-23-22-19(17-5-3-9-27-17)25(20)12-16-4-2-8-26-16/h3,5-7,9-11,16H,2,4,8,12-13H2,1H3. The largest absolute Gasteiger partial charge is 0.376 e. The van der Waals surface area contributed by atoms with Gasteiger partial charge in [-0.2, -0.15) is 0 Å². The molecule has 0 aliphatic carbocycles. The van der Waals surface area contributed by atoms with Gasteiger partial charge in [-0.1, -0.05) is 23.9 Å². The highest BCUT2D eigenvalue weighted by Gasteiger charge is 2.22. The number of aromatic nitrogens is 5. The van der Waals surface area contributed by atoms with Gasteiger partial charge >= 0.3 is 0 Å². The zero-order valence-corrected chi connectivity index (χ0v) is 17.2. The van der Waals surface area contributed by atoms with Gasteiger partial charge in [-0.05, 0) is 42.8 Å². The third-order valence-electron chi connectivity index (χ3n) is 4.87. The smallest absolute Gasteiger partial charge is 0.191 e. The zero-order chi connectivity index (χ0) is 18.9. The highest BCUT2D eigenvalue weighted by molar-refractivity contribution is 7.98. The SMILES string of the molecule is Cc1ccc2nc(CSc3nnc(-c4cccs4)n3CC3CCCO3)cn2c1. The number of thioether (sulfide) groups is 1. The summed E-state index contributed by atoms with van der Waals surface area (Å²) in [7, 11) is 0. The van der Waals surface area contributed by atoms with Gasteiger partial charge in [0.1, 0.15) is 5.65 Å². The van der Waals surface area contributed by atoms with Crippen LogP contribution in [-0.2, 0) is 17.0 Å². The molecule has 5 rings (SSSR count). The third kappa shape index (κ3) is 3.59. The molecule has 5 heterocycles. The van der Waals surface area contributed by atoms with Crippen LogP contribution in [0.3, 0.4) is 0 Å². The Morgan fingerprint density at radius 1 is 1.25 bits per heavy atom. The lowest BCUT2D eigenvalue weighted by Crippen LogP contribution is -2.16. The number of fused-ring (bicyclic) bond motifs is 1. The van der Waals surface area contributed by atoms with Gasteiger partial charge in [-0.25, -0.2) is 4.98 Å². The van der Waals surface area contributed by atoms with Crippen LogP contribution >= 0.6 is 23.1 Å². The molecule has 6 nitrogen and oxygen atoms in total. The van der Waals surface area contributed by atoms with Gasteiger partial charge in [0.25, 0.3) is 0 Å². The van der Waals surface area contributed by atoms with Crippen molar-refractivity contribution in [3.63, 3.8) is 0 Å². The van der Waals surface area contributed by atoms with Crippen LogP contribution in [0.1, 0.15) is 24.1 Å². The molecule has 0 amide bonds. The van der Waals surface area contributed by atoms with Crippen LogP contribution in [0, 0.1) is 6.92 Å². The lowest BCUT2D eigenvalue weighted by Gasteiger charge is -2.14. The Hall–Kier alpha value is -2.16. The van der Waals surface area contributed by atoms with E-state index >= 15 is 0 Å². The average molecular weight is 412 g/mol. The summed E-state index contributed by atoms with van der Waals surface area (Å²) in [5.74, 6) is 1.69. The predicted octanol–water partition coefficient (Wildman–Crippen LogP) is 4.43. The van der Waals surface area contributed by atoms with Crippen LogP contribution in [0.2, 0.25) is 0 Å². The van der Waals surface area contributed by atoms with Crippen LogP contribution < -0.4 is 0 Å². The summed E-state index contributed by atoms with van der Waals surface area (Å²) in [6, 6.07) is 8.29. The maximum absolute atomic E-state index is 5.87. The van der Waals surface area contributed by atoms with Gasteiger partial charge in [0.15, 0.2) is 11.0 Å². The Bertz CT molecular complexity index is 1080. The first-order valence-electron chi connectivity index (χ1n) is 9.42. The molecular formula is C20H21N5OS2. The van der Waals surface area contributed by atoms with E-state index in [1.165, 1.54) is 5.56 Å². The summed E-state index contributed by atoms with van der Waals surface area (Å²) >= 11 is 3.37. The van der Waals surface area contributed by atoms with Crippen molar-refractivity contribution in [2.45, 2.75) is 43.3 Å². The van der Waals surface area contributed by atoms with E-state index in [1.54, 1.807) is 23.1 Å². The molecule has 1 atom stereocenters. The minimum Gasteiger partial charge on any atom is -0.376 e. The van der Waals surface area contributed by atoms with E-state index in [0.717, 1.165) is 58.9 Å². The van der Waals surface area contributed by atoms with Gasteiger partial charge in [-0.3, -0.25) is 4.57 Å². The molecule has 144 valence electrons. The molecule has 1 unspecified atom stereocenters. The first-order valence-corrected chi connectivity index (χ1v) is 11.3. The summed E-state index contributed by atoms with van der Waals surface area (Å²) in [5.41, 5.74) is 3.24. The predicted molar refractivity (Wildman–Crippen MR) is 112 cm³/mol. The number of rotatable bonds is 6. The molecule has 1 aliphatic heterocycles. The quantitative estimate of drug-likeness (QED) is 0.439. The molecule has 28 heavy (non-hydrogen) atoms. The summed E-state index contributed by atoms with van der Waals surface area (Å²) in [6.07, 6.45) is 6.66. The molecule has 0 N–H and O–H groups in total. The molecule has 8 heteroatoms. The van der Waals surface area contributed by atoms with Gasteiger partial charge in [-0.15, -0.1) is 21.5 Å². The molecule has 1 saturated heterocycles. The number of thiophene rings is 1. The minimum absolute atomic E-state index is 0.243. The molecule has 4 aromatic rings. The topological polar surface area (TPSA) is 57.2 Å². The van der Waals surface area contributed by atoms with Gasteiger partial charge in [0.05, 0.1) is 23.2 Å². The summed E-state index contributed by atoms with van der Waals surface area (Å²) in [4.78, 5) is 5.86. The van der Waals surface area contributed by atoms with E-state index in [4.69, 9.17) is 9.72 Å². The molecular weight excluding hydrogens is 390 g/mol. The van der Waals surface area contributed by atoms with E-state index in [-0.39, 0.29) is 6.10 Å². The number of aryl methyl sites for hydroxylation is 1. The highest BCUT2D eigenvalue weighted by atomic mass is 32.2. The summed E-state index contributed by atoms with van der Waals surface area (Å²) < 4.78 is 10.2. The molecule has 1 fully saturated rings. The van der Waals surface area contributed by atoms with Crippen molar-refractivity contribution < 1.29 is 4.74 Å². The first-order chi connectivity index (χ1) is 13.8. The summed E-state index contributed by atoms with van der Waals surface area (Å²) in [6.45, 7) is 3.74. The van der Waals surface area contributed by atoms with E-state index < -0.39 is 0 Å². The second-order valence-electron chi connectivity index (χ2n) is 7.02. The highest BCUT2D eigenvalue weighted by Crippen LogP contribution is 2.30. The Balaban J connectivity index is 1.40. The molecule has 1 aliphatic rings. The Morgan fingerprint density at radius 3 is 3.04 bits per heavy atom. The van der Waals surface area contributed by atoms with Crippen LogP contribution in [0.5, 0.6) is 0 Å². The maximum Gasteiger partial charge on any atom is 0.191 e. The second kappa shape index (κ2) is 7.69. The van der Waals surface area contributed by atoms with E-state index in [9.17, 15) is 0 Å². The number of imidazole rings is 1. The first kappa shape index (κ1) is 17.9. The fourth-order valence-electron chi connectivity index (χ4n) is 3.50. The van der Waals surface area contributed by atoms with Gasteiger partial charge in [0.2, 0.25) is 0 Å². The van der Waals surface area contributed by atoms with Gasteiger partial charge in [0, 0.05) is 24.8 Å². The third-order valence-corrected chi connectivity index (χ3v) is 6.73. The fourth-order valence-corrected chi connectivity index (χ4v) is 5.05. The number of nitrogens with zero attached hydrogens (tertiary/aromatic N) is 5. The number of ether oxygens (including phenoxy) is 1. The molecule has 0 radical (unpaired) electrons. The number of hydrogen-bond acceptors (Lipinski definition) is 6. The van der Waals surface area contributed by atoms with Crippen molar-refractivity contribution in [2.75, 3.05) is 6.61 Å². The Labute approximate surface area is 171 Å². The molecule has 4 aromatic heterocycles. The Kier molecular flexibility index (Phi) is 4.92. The second-order valence-corrected chi connectivity index (χ2v) is 8.91. The van der Waals surface area contributed by atoms with Crippen molar-refractivity contribution in [3.05, 3.63) is 53.3 Å². The molecule has 0 bridgehead atoms. The average Bonchev–Trinajstić information content (AvgIpc) is 3.47. The van der Waals surface area contributed by atoms with Gasteiger partial charge < -0.3 is 9.14 Å². The minimum atomic E-state index is 0.243. The maximum atomic E-state index is 5.87. The monoisotopic (exact) mass is 411 g/mol. The van der Waals surface area contributed by atoms with E-state index in [2.05, 4.69) is 68.1 Å². The molecule has 0 saturated carbocycles. The van der Waals surface area contributed by atoms with E-state index in [1.807, 2.05) is 0 Å². The van der Waals surface area contributed by atoms with Crippen LogP contribution in [-0.4, -0.2) is 36.9 Å². The van der Waals surface area contributed by atoms with Crippen molar-refractivity contribution in [2.24, 2.45) is 0 Å². The van der Waals surface area contributed by atoms with Crippen molar-refractivity contribution in [1.29, 1.82) is 0 Å². The van der Waals surface area contributed by atoms with Crippen LogP contribution in [0.15, 0.2) is 47.2 Å². The molecule has 0 spiro atoms. The van der Waals surface area contributed by atoms with Crippen molar-refractivity contribution in [1.82, 2.24) is 24.1 Å². The molecule has 0 aromatic carbocycles. The van der Waals surface area contributed by atoms with Crippen molar-refractivity contribution >= 4 is 28.7 Å². The normalized spacial score (nSPS) is 17.0.